The van der Waals surface area contributed by atoms with Crippen molar-refractivity contribution in [2.45, 2.75) is 39.2 Å². The van der Waals surface area contributed by atoms with Crippen LogP contribution < -0.4 is 10.5 Å². The van der Waals surface area contributed by atoms with Crippen LogP contribution in [0.5, 0.6) is 11.5 Å². The lowest BCUT2D eigenvalue weighted by Crippen LogP contribution is -2.12. The van der Waals surface area contributed by atoms with Crippen LogP contribution in [-0.2, 0) is 5.41 Å². The third kappa shape index (κ3) is 3.86. The van der Waals surface area contributed by atoms with Gasteiger partial charge >= 0.3 is 0 Å². The Hall–Kier alpha value is -1.32. The smallest absolute Gasteiger partial charge is 0.141 e. The van der Waals surface area contributed by atoms with Crippen LogP contribution >= 0.6 is 15.9 Å². The van der Waals surface area contributed by atoms with Gasteiger partial charge < -0.3 is 10.5 Å². The number of para-hydroxylation sites is 1. The lowest BCUT2D eigenvalue weighted by molar-refractivity contribution is 0.452. The Morgan fingerprint density at radius 3 is 2.29 bits per heavy atom. The number of benzene rings is 2. The van der Waals surface area contributed by atoms with Gasteiger partial charge in [-0.05, 0) is 52.0 Å². The average Bonchev–Trinajstić information content (AvgIpc) is 2.40. The first-order valence-electron chi connectivity index (χ1n) is 7.11. The minimum atomic E-state index is 0.0113. The van der Waals surface area contributed by atoms with E-state index in [1.165, 1.54) is 5.56 Å². The summed E-state index contributed by atoms with van der Waals surface area (Å²) < 4.78 is 7.03. The van der Waals surface area contributed by atoms with E-state index in [1.807, 2.05) is 43.3 Å². The van der Waals surface area contributed by atoms with E-state index in [0.717, 1.165) is 21.5 Å². The van der Waals surface area contributed by atoms with Crippen molar-refractivity contribution in [1.82, 2.24) is 0 Å². The number of nitrogens with two attached hydrogens (primary N) is 1. The number of ether oxygens (including phenoxy) is 1. The van der Waals surface area contributed by atoms with Crippen LogP contribution in [0.15, 0.2) is 46.9 Å². The van der Waals surface area contributed by atoms with Crippen molar-refractivity contribution in [2.75, 3.05) is 0 Å². The molecule has 2 nitrogen and oxygen atoms in total. The van der Waals surface area contributed by atoms with Crippen LogP contribution in [0.4, 0.5) is 0 Å². The largest absolute Gasteiger partial charge is 0.456 e. The second-order valence-corrected chi connectivity index (χ2v) is 7.18. The predicted octanol–water partition coefficient (Wildman–Crippen LogP) is 5.56. The fraction of sp³-hybridized carbons (Fsp3) is 0.333. The maximum absolute atomic E-state index is 6.11. The fourth-order valence-corrected chi connectivity index (χ4v) is 2.65. The van der Waals surface area contributed by atoms with Crippen LogP contribution in [-0.4, -0.2) is 0 Å². The Morgan fingerprint density at radius 1 is 1.05 bits per heavy atom. The summed E-state index contributed by atoms with van der Waals surface area (Å²) in [7, 11) is 0. The van der Waals surface area contributed by atoms with Crippen molar-refractivity contribution >= 4 is 15.9 Å². The first kappa shape index (κ1) is 16.1. The van der Waals surface area contributed by atoms with Gasteiger partial charge in [0.2, 0.25) is 0 Å². The number of hydrogen-bond acceptors (Lipinski definition) is 2. The van der Waals surface area contributed by atoms with Gasteiger partial charge in [0.15, 0.2) is 0 Å². The molecule has 0 radical (unpaired) electrons. The van der Waals surface area contributed by atoms with E-state index in [0.29, 0.717) is 0 Å². The Kier molecular flexibility index (Phi) is 4.74. The molecule has 0 aliphatic heterocycles. The fourth-order valence-electron chi connectivity index (χ4n) is 2.18. The maximum Gasteiger partial charge on any atom is 0.141 e. The average molecular weight is 348 g/mol. The van der Waals surface area contributed by atoms with Crippen molar-refractivity contribution in [3.63, 3.8) is 0 Å². The standard InChI is InChI=1S/C18H22BrNO/c1-12(20)13-9-10-17(15(19)11-13)21-16-8-6-5-7-14(16)18(2,3)4/h5-12H,20H2,1-4H3/t12-/m1/s1. The van der Waals surface area contributed by atoms with Gasteiger partial charge in [-0.15, -0.1) is 0 Å². The summed E-state index contributed by atoms with van der Waals surface area (Å²) in [4.78, 5) is 0. The molecule has 0 saturated heterocycles. The molecule has 0 aromatic heterocycles. The molecule has 21 heavy (non-hydrogen) atoms. The first-order valence-corrected chi connectivity index (χ1v) is 7.90. The van der Waals surface area contributed by atoms with E-state index in [1.54, 1.807) is 0 Å². The molecule has 0 heterocycles. The zero-order chi connectivity index (χ0) is 15.6. The number of hydrogen-bond donors (Lipinski definition) is 1. The molecule has 3 heteroatoms. The summed E-state index contributed by atoms with van der Waals surface area (Å²) in [6.07, 6.45) is 0. The summed E-state index contributed by atoms with van der Waals surface area (Å²) in [5.41, 5.74) is 8.21. The molecule has 2 rings (SSSR count). The van der Waals surface area contributed by atoms with Crippen LogP contribution in [0.1, 0.15) is 44.9 Å². The van der Waals surface area contributed by atoms with Crippen LogP contribution in [0.3, 0.4) is 0 Å². The van der Waals surface area contributed by atoms with Crippen LogP contribution in [0, 0.1) is 0 Å². The van der Waals surface area contributed by atoms with Crippen molar-refractivity contribution in [2.24, 2.45) is 5.73 Å². The molecule has 0 amide bonds. The molecule has 0 spiro atoms. The van der Waals surface area contributed by atoms with Gasteiger partial charge in [0.1, 0.15) is 11.5 Å². The molecular formula is C18H22BrNO. The zero-order valence-electron chi connectivity index (χ0n) is 13.0. The molecular weight excluding hydrogens is 326 g/mol. The molecule has 0 unspecified atom stereocenters. The number of rotatable bonds is 3. The molecule has 112 valence electrons. The van der Waals surface area contributed by atoms with E-state index in [2.05, 4.69) is 42.8 Å². The van der Waals surface area contributed by atoms with E-state index >= 15 is 0 Å². The highest BCUT2D eigenvalue weighted by atomic mass is 79.9. The van der Waals surface area contributed by atoms with Gasteiger partial charge in [0, 0.05) is 11.6 Å². The highest BCUT2D eigenvalue weighted by molar-refractivity contribution is 9.10. The number of halogens is 1. The van der Waals surface area contributed by atoms with Crippen LogP contribution in [0.2, 0.25) is 0 Å². The Balaban J connectivity index is 2.35. The van der Waals surface area contributed by atoms with Crippen molar-refractivity contribution < 1.29 is 4.74 Å². The van der Waals surface area contributed by atoms with Gasteiger partial charge in [0.05, 0.1) is 4.47 Å². The van der Waals surface area contributed by atoms with E-state index in [4.69, 9.17) is 10.5 Å². The molecule has 0 fully saturated rings. The highest BCUT2D eigenvalue weighted by Crippen LogP contribution is 2.37. The topological polar surface area (TPSA) is 35.2 Å². The van der Waals surface area contributed by atoms with Crippen molar-refractivity contribution in [3.05, 3.63) is 58.1 Å². The second-order valence-electron chi connectivity index (χ2n) is 6.33. The normalized spacial score (nSPS) is 13.0. The van der Waals surface area contributed by atoms with Gasteiger partial charge in [-0.25, -0.2) is 0 Å². The molecule has 0 aliphatic carbocycles. The quantitative estimate of drug-likeness (QED) is 0.788. The van der Waals surface area contributed by atoms with E-state index in [9.17, 15) is 0 Å². The minimum absolute atomic E-state index is 0.0113. The lowest BCUT2D eigenvalue weighted by Gasteiger charge is -2.23. The van der Waals surface area contributed by atoms with Gasteiger partial charge in [-0.2, -0.15) is 0 Å². The van der Waals surface area contributed by atoms with Crippen molar-refractivity contribution in [3.8, 4) is 11.5 Å². The Morgan fingerprint density at radius 2 is 1.71 bits per heavy atom. The molecule has 2 aromatic carbocycles. The third-order valence-corrected chi connectivity index (χ3v) is 4.02. The Bertz CT molecular complexity index is 629. The predicted molar refractivity (Wildman–Crippen MR) is 92.0 cm³/mol. The van der Waals surface area contributed by atoms with E-state index in [-0.39, 0.29) is 11.5 Å². The van der Waals surface area contributed by atoms with Crippen molar-refractivity contribution in [1.29, 1.82) is 0 Å². The molecule has 0 bridgehead atoms. The third-order valence-electron chi connectivity index (χ3n) is 3.40. The zero-order valence-corrected chi connectivity index (χ0v) is 14.6. The minimum Gasteiger partial charge on any atom is -0.456 e. The van der Waals surface area contributed by atoms with Gasteiger partial charge in [-0.1, -0.05) is 45.0 Å². The van der Waals surface area contributed by atoms with Gasteiger partial charge in [0.25, 0.3) is 0 Å². The maximum atomic E-state index is 6.11. The SMILES string of the molecule is C[C@@H](N)c1ccc(Oc2ccccc2C(C)(C)C)c(Br)c1. The van der Waals surface area contributed by atoms with Crippen LogP contribution in [0.25, 0.3) is 0 Å². The lowest BCUT2D eigenvalue weighted by atomic mass is 9.86. The van der Waals surface area contributed by atoms with Gasteiger partial charge in [-0.3, -0.25) is 0 Å². The molecule has 2 N–H and O–H groups in total. The molecule has 2 aromatic rings. The first-order chi connectivity index (χ1) is 9.79. The highest BCUT2D eigenvalue weighted by Gasteiger charge is 2.19. The summed E-state index contributed by atoms with van der Waals surface area (Å²) >= 11 is 3.57. The van der Waals surface area contributed by atoms with E-state index < -0.39 is 0 Å². The monoisotopic (exact) mass is 347 g/mol. The summed E-state index contributed by atoms with van der Waals surface area (Å²) in [5, 5.41) is 0. The second kappa shape index (κ2) is 6.20. The molecule has 1 atom stereocenters. The summed E-state index contributed by atoms with van der Waals surface area (Å²) in [5.74, 6) is 1.69. The summed E-state index contributed by atoms with van der Waals surface area (Å²) in [6.45, 7) is 8.52. The summed E-state index contributed by atoms with van der Waals surface area (Å²) in [6, 6.07) is 14.1. The Labute approximate surface area is 135 Å². The molecule has 0 aliphatic rings. The molecule has 0 saturated carbocycles.